The molecule has 0 fully saturated rings. The fourth-order valence-corrected chi connectivity index (χ4v) is 1.82. The average Bonchev–Trinajstić information content (AvgIpc) is 2.61. The van der Waals surface area contributed by atoms with E-state index in [9.17, 15) is 15.0 Å². The lowest BCUT2D eigenvalue weighted by Crippen LogP contribution is -1.98. The minimum atomic E-state index is -0.783. The molecule has 0 spiro atoms. The highest BCUT2D eigenvalue weighted by atomic mass is 16.4. The molecule has 4 nitrogen and oxygen atoms in total. The first-order valence-electron chi connectivity index (χ1n) is 9.10. The highest BCUT2D eigenvalue weighted by Crippen LogP contribution is 1.99. The van der Waals surface area contributed by atoms with Crippen LogP contribution < -0.4 is 0 Å². The molecular weight excluding hydrogens is 328 g/mol. The lowest BCUT2D eigenvalue weighted by atomic mass is 10.2. The third kappa shape index (κ3) is 18.2. The van der Waals surface area contributed by atoms with Crippen LogP contribution in [0.5, 0.6) is 0 Å². The van der Waals surface area contributed by atoms with E-state index in [1.165, 1.54) is 0 Å². The van der Waals surface area contributed by atoms with Gasteiger partial charge in [0, 0.05) is 6.42 Å². The largest absolute Gasteiger partial charge is 0.481 e. The van der Waals surface area contributed by atoms with Crippen molar-refractivity contribution < 1.29 is 20.1 Å². The number of aliphatic hydroxyl groups is 2. The Morgan fingerprint density at radius 2 is 1.38 bits per heavy atom. The molecule has 144 valence electrons. The monoisotopic (exact) mass is 360 g/mol. The van der Waals surface area contributed by atoms with E-state index in [4.69, 9.17) is 5.11 Å². The molecule has 0 amide bonds. The topological polar surface area (TPSA) is 77.8 Å². The Labute approximate surface area is 157 Å². The molecule has 0 bridgehead atoms. The van der Waals surface area contributed by atoms with Crippen molar-refractivity contribution >= 4 is 5.97 Å². The van der Waals surface area contributed by atoms with Gasteiger partial charge in [-0.15, -0.1) is 0 Å². The van der Waals surface area contributed by atoms with Crippen LogP contribution in [0.1, 0.15) is 45.4 Å². The molecule has 0 aliphatic carbocycles. The van der Waals surface area contributed by atoms with Crippen LogP contribution in [0.15, 0.2) is 72.9 Å². The second-order valence-corrected chi connectivity index (χ2v) is 5.75. The summed E-state index contributed by atoms with van der Waals surface area (Å²) in [6.07, 6.45) is 25.2. The van der Waals surface area contributed by atoms with E-state index >= 15 is 0 Å². The van der Waals surface area contributed by atoms with E-state index in [0.29, 0.717) is 12.8 Å². The molecule has 4 heteroatoms. The number of aliphatic hydroxyl groups excluding tert-OH is 2. The van der Waals surface area contributed by atoms with Crippen LogP contribution in [-0.2, 0) is 4.79 Å². The Morgan fingerprint density at radius 1 is 0.808 bits per heavy atom. The molecule has 0 aliphatic heterocycles. The maximum absolute atomic E-state index is 10.3. The molecule has 0 aromatic rings. The molecule has 0 rings (SSSR count). The number of rotatable bonds is 14. The quantitative estimate of drug-likeness (QED) is 0.315. The molecule has 0 radical (unpaired) electrons. The van der Waals surface area contributed by atoms with Gasteiger partial charge in [-0.3, -0.25) is 4.79 Å². The van der Waals surface area contributed by atoms with Crippen LogP contribution in [0, 0.1) is 0 Å². The summed E-state index contributed by atoms with van der Waals surface area (Å²) in [5, 5.41) is 27.6. The lowest BCUT2D eigenvalue weighted by Gasteiger charge is -1.98. The zero-order chi connectivity index (χ0) is 19.5. The van der Waals surface area contributed by atoms with Gasteiger partial charge in [0.15, 0.2) is 0 Å². The summed E-state index contributed by atoms with van der Waals surface area (Å²) in [6, 6.07) is 0. The molecule has 2 unspecified atom stereocenters. The van der Waals surface area contributed by atoms with E-state index in [-0.39, 0.29) is 12.5 Å². The normalized spacial score (nSPS) is 15.5. The van der Waals surface area contributed by atoms with Crippen molar-refractivity contribution in [3.63, 3.8) is 0 Å². The molecule has 0 saturated carbocycles. The average molecular weight is 360 g/mol. The van der Waals surface area contributed by atoms with E-state index in [1.807, 2.05) is 67.7 Å². The zero-order valence-corrected chi connectivity index (χ0v) is 15.6. The van der Waals surface area contributed by atoms with Crippen molar-refractivity contribution in [1.29, 1.82) is 0 Å². The Balaban J connectivity index is 3.80. The Kier molecular flexibility index (Phi) is 16.2. The summed E-state index contributed by atoms with van der Waals surface area (Å²) in [4.78, 5) is 10.3. The first kappa shape index (κ1) is 23.8. The van der Waals surface area contributed by atoms with Crippen molar-refractivity contribution in [1.82, 2.24) is 0 Å². The van der Waals surface area contributed by atoms with Crippen molar-refractivity contribution in [2.45, 2.75) is 57.7 Å². The van der Waals surface area contributed by atoms with Gasteiger partial charge in [0.1, 0.15) is 0 Å². The number of carboxylic acid groups (broad SMARTS) is 1. The summed E-state index contributed by atoms with van der Waals surface area (Å²) in [7, 11) is 0. The van der Waals surface area contributed by atoms with Gasteiger partial charge in [-0.1, -0.05) is 79.8 Å². The first-order valence-corrected chi connectivity index (χ1v) is 9.10. The number of hydrogen-bond donors (Lipinski definition) is 3. The number of aliphatic carboxylic acids is 1. The molecule has 0 heterocycles. The number of carbonyl (C=O) groups is 1. The fourth-order valence-electron chi connectivity index (χ4n) is 1.82. The summed E-state index contributed by atoms with van der Waals surface area (Å²) < 4.78 is 0. The van der Waals surface area contributed by atoms with Gasteiger partial charge in [0.2, 0.25) is 0 Å². The summed E-state index contributed by atoms with van der Waals surface area (Å²) in [5.41, 5.74) is 0. The number of hydrogen-bond acceptors (Lipinski definition) is 3. The summed E-state index contributed by atoms with van der Waals surface area (Å²) in [5.74, 6) is -0.783. The smallest absolute Gasteiger partial charge is 0.303 e. The highest BCUT2D eigenvalue weighted by molar-refractivity contribution is 5.66. The van der Waals surface area contributed by atoms with Gasteiger partial charge in [-0.25, -0.2) is 0 Å². The first-order chi connectivity index (χ1) is 12.6. The Morgan fingerprint density at radius 3 is 2.00 bits per heavy atom. The maximum atomic E-state index is 10.3. The van der Waals surface area contributed by atoms with Crippen LogP contribution in [0.4, 0.5) is 0 Å². The van der Waals surface area contributed by atoms with E-state index in [2.05, 4.69) is 0 Å². The van der Waals surface area contributed by atoms with Gasteiger partial charge in [0.05, 0.1) is 12.2 Å². The maximum Gasteiger partial charge on any atom is 0.303 e. The second kappa shape index (κ2) is 17.6. The van der Waals surface area contributed by atoms with Crippen LogP contribution in [0.25, 0.3) is 0 Å². The molecule has 0 aromatic heterocycles. The third-order valence-corrected chi connectivity index (χ3v) is 3.36. The highest BCUT2D eigenvalue weighted by Gasteiger charge is 1.93. The Bertz CT molecular complexity index is 524. The van der Waals surface area contributed by atoms with Crippen LogP contribution >= 0.6 is 0 Å². The molecule has 26 heavy (non-hydrogen) atoms. The SMILES string of the molecule is CCC(O)C=CC=CCC=CC=CC(O)CC=CCC=CCCC(=O)O. The van der Waals surface area contributed by atoms with Crippen molar-refractivity contribution in [2.24, 2.45) is 0 Å². The number of allylic oxidation sites excluding steroid dienone is 9. The van der Waals surface area contributed by atoms with Crippen molar-refractivity contribution in [3.8, 4) is 0 Å². The predicted octanol–water partition coefficient (Wildman–Crippen LogP) is 4.49. The zero-order valence-electron chi connectivity index (χ0n) is 15.6. The summed E-state index contributed by atoms with van der Waals surface area (Å²) in [6.45, 7) is 1.93. The van der Waals surface area contributed by atoms with Crippen LogP contribution in [0.2, 0.25) is 0 Å². The molecule has 3 N–H and O–H groups in total. The van der Waals surface area contributed by atoms with E-state index in [0.717, 1.165) is 19.3 Å². The molecule has 2 atom stereocenters. The minimum absolute atomic E-state index is 0.158. The summed E-state index contributed by atoms with van der Waals surface area (Å²) >= 11 is 0. The minimum Gasteiger partial charge on any atom is -0.481 e. The molecular formula is C22H32O4. The molecule has 0 aliphatic rings. The van der Waals surface area contributed by atoms with Crippen molar-refractivity contribution in [3.05, 3.63) is 72.9 Å². The van der Waals surface area contributed by atoms with Gasteiger partial charge < -0.3 is 15.3 Å². The van der Waals surface area contributed by atoms with E-state index < -0.39 is 12.1 Å². The molecule has 0 saturated heterocycles. The van der Waals surface area contributed by atoms with Crippen LogP contribution in [-0.4, -0.2) is 33.5 Å². The predicted molar refractivity (Wildman–Crippen MR) is 108 cm³/mol. The van der Waals surface area contributed by atoms with Gasteiger partial charge in [0.25, 0.3) is 0 Å². The lowest BCUT2D eigenvalue weighted by molar-refractivity contribution is -0.136. The molecule has 0 aromatic carbocycles. The second-order valence-electron chi connectivity index (χ2n) is 5.75. The van der Waals surface area contributed by atoms with Gasteiger partial charge in [-0.2, -0.15) is 0 Å². The van der Waals surface area contributed by atoms with Gasteiger partial charge in [-0.05, 0) is 32.1 Å². The van der Waals surface area contributed by atoms with Crippen molar-refractivity contribution in [2.75, 3.05) is 0 Å². The van der Waals surface area contributed by atoms with E-state index in [1.54, 1.807) is 12.2 Å². The van der Waals surface area contributed by atoms with Crippen LogP contribution in [0.3, 0.4) is 0 Å². The standard InChI is InChI=1S/C22H32O4/c1-2-20(23)16-12-8-4-3-5-9-13-17-21(24)18-14-10-6-7-11-15-19-22(25)26/h4-5,7-14,16-17,20-21,23-24H,2-3,6,15,18-19H2,1H3,(H,25,26). The third-order valence-electron chi connectivity index (χ3n) is 3.36. The Hall–Kier alpha value is -2.17. The number of carboxylic acids is 1. The van der Waals surface area contributed by atoms with Gasteiger partial charge >= 0.3 is 5.97 Å². The fraction of sp³-hybridized carbons (Fsp3) is 0.409.